The van der Waals surface area contributed by atoms with E-state index in [1.807, 2.05) is 13.0 Å². The maximum atomic E-state index is 8.63. The molecule has 0 heterocycles. The molecule has 0 fully saturated rings. The van der Waals surface area contributed by atoms with Crippen molar-refractivity contribution in [2.45, 2.75) is 13.3 Å². The highest BCUT2D eigenvalue weighted by molar-refractivity contribution is 6.17. The minimum absolute atomic E-state index is 0.322. The van der Waals surface area contributed by atoms with Crippen molar-refractivity contribution in [2.24, 2.45) is 0 Å². The van der Waals surface area contributed by atoms with E-state index in [9.17, 15) is 0 Å². The Morgan fingerprint density at radius 3 is 1.91 bits per heavy atom. The molecule has 0 bridgehead atoms. The number of phenolic OH excluding ortho intramolecular Hbond substituents is 1. The fourth-order valence-corrected chi connectivity index (χ4v) is 0.428. The highest BCUT2D eigenvalue weighted by Gasteiger charge is 1.74. The van der Waals surface area contributed by atoms with Gasteiger partial charge < -0.3 is 5.11 Å². The van der Waals surface area contributed by atoms with Gasteiger partial charge in [-0.15, -0.1) is 11.6 Å². The topological polar surface area (TPSA) is 20.2 Å². The molecule has 0 atom stereocenters. The Labute approximate surface area is 72.6 Å². The molecule has 0 spiro atoms. The molecular formula is C9H13ClO. The number of para-hydroxylation sites is 1. The molecule has 0 radical (unpaired) electrons. The van der Waals surface area contributed by atoms with E-state index >= 15 is 0 Å². The van der Waals surface area contributed by atoms with Crippen molar-refractivity contribution < 1.29 is 5.11 Å². The quantitative estimate of drug-likeness (QED) is 0.646. The van der Waals surface area contributed by atoms with Crippen molar-refractivity contribution in [1.82, 2.24) is 0 Å². The smallest absolute Gasteiger partial charge is 0.115 e. The first-order valence-electron chi connectivity index (χ1n) is 3.61. The summed E-state index contributed by atoms with van der Waals surface area (Å²) in [5, 5.41) is 8.63. The highest BCUT2D eigenvalue weighted by Crippen LogP contribution is 2.02. The summed E-state index contributed by atoms with van der Waals surface area (Å²) in [6.45, 7) is 2.05. The van der Waals surface area contributed by atoms with E-state index in [1.54, 1.807) is 24.3 Å². The standard InChI is InChI=1S/C6H6O.C3H7Cl/c7-6-4-2-1-3-5-6;1-2-3-4/h1-5,7H;2-3H2,1H3. The number of hydrogen-bond acceptors (Lipinski definition) is 1. The van der Waals surface area contributed by atoms with Crippen molar-refractivity contribution in [3.8, 4) is 5.75 Å². The SMILES string of the molecule is CCCCl.Oc1ccccc1. The summed E-state index contributed by atoms with van der Waals surface area (Å²) in [4.78, 5) is 0. The zero-order chi connectivity index (χ0) is 8.53. The van der Waals surface area contributed by atoms with Crippen molar-refractivity contribution in [3.63, 3.8) is 0 Å². The summed E-state index contributed by atoms with van der Waals surface area (Å²) < 4.78 is 0. The lowest BCUT2D eigenvalue weighted by molar-refractivity contribution is 0.475. The Hall–Kier alpha value is -0.690. The lowest BCUT2D eigenvalue weighted by Gasteiger charge is -1.82. The van der Waals surface area contributed by atoms with Crippen molar-refractivity contribution in [3.05, 3.63) is 30.3 Å². The summed E-state index contributed by atoms with van der Waals surface area (Å²) in [7, 11) is 0. The van der Waals surface area contributed by atoms with Gasteiger partial charge in [0.15, 0.2) is 0 Å². The molecular weight excluding hydrogens is 160 g/mol. The molecule has 1 aromatic rings. The van der Waals surface area contributed by atoms with Gasteiger partial charge in [-0.1, -0.05) is 25.1 Å². The van der Waals surface area contributed by atoms with Crippen LogP contribution in [0.5, 0.6) is 5.75 Å². The molecule has 0 aliphatic heterocycles. The first-order valence-corrected chi connectivity index (χ1v) is 4.14. The van der Waals surface area contributed by atoms with Gasteiger partial charge in [0.25, 0.3) is 0 Å². The second kappa shape index (κ2) is 7.42. The minimum Gasteiger partial charge on any atom is -0.508 e. The van der Waals surface area contributed by atoms with Crippen molar-refractivity contribution in [1.29, 1.82) is 0 Å². The van der Waals surface area contributed by atoms with Crippen LogP contribution in [-0.4, -0.2) is 11.0 Å². The molecule has 0 aliphatic carbocycles. The van der Waals surface area contributed by atoms with Gasteiger partial charge in [-0.3, -0.25) is 0 Å². The zero-order valence-electron chi connectivity index (χ0n) is 6.63. The highest BCUT2D eigenvalue weighted by atomic mass is 35.5. The van der Waals surface area contributed by atoms with Gasteiger partial charge in [0.05, 0.1) is 0 Å². The number of rotatable bonds is 1. The van der Waals surface area contributed by atoms with Crippen LogP contribution < -0.4 is 0 Å². The van der Waals surface area contributed by atoms with E-state index in [2.05, 4.69) is 0 Å². The summed E-state index contributed by atoms with van der Waals surface area (Å²) >= 11 is 5.19. The third-order valence-corrected chi connectivity index (χ3v) is 1.32. The fourth-order valence-electron chi connectivity index (χ4n) is 0.428. The first kappa shape index (κ1) is 10.3. The number of halogens is 1. The average Bonchev–Trinajstić information content (AvgIpc) is 2.07. The third kappa shape index (κ3) is 7.20. The zero-order valence-corrected chi connectivity index (χ0v) is 7.38. The van der Waals surface area contributed by atoms with Gasteiger partial charge in [-0.05, 0) is 18.6 Å². The Bertz CT molecular complexity index is 160. The Morgan fingerprint density at radius 2 is 1.73 bits per heavy atom. The Kier molecular flexibility index (Phi) is 6.95. The first-order chi connectivity index (χ1) is 5.31. The Balaban J connectivity index is 0.000000218. The van der Waals surface area contributed by atoms with E-state index in [0.717, 1.165) is 12.3 Å². The molecule has 0 saturated heterocycles. The van der Waals surface area contributed by atoms with Gasteiger partial charge >= 0.3 is 0 Å². The maximum Gasteiger partial charge on any atom is 0.115 e. The summed E-state index contributed by atoms with van der Waals surface area (Å²) in [6, 6.07) is 8.71. The molecule has 1 N–H and O–H groups in total. The van der Waals surface area contributed by atoms with Crippen LogP contribution in [-0.2, 0) is 0 Å². The van der Waals surface area contributed by atoms with Crippen LogP contribution in [0, 0.1) is 0 Å². The number of hydrogen-bond donors (Lipinski definition) is 1. The van der Waals surface area contributed by atoms with Gasteiger partial charge in [0.1, 0.15) is 5.75 Å². The second-order valence-corrected chi connectivity index (χ2v) is 2.40. The summed E-state index contributed by atoms with van der Waals surface area (Å²) in [5.41, 5.74) is 0. The van der Waals surface area contributed by atoms with E-state index in [1.165, 1.54) is 0 Å². The van der Waals surface area contributed by atoms with E-state index in [4.69, 9.17) is 16.7 Å². The van der Waals surface area contributed by atoms with Crippen molar-refractivity contribution >= 4 is 11.6 Å². The molecule has 2 heteroatoms. The van der Waals surface area contributed by atoms with Crippen molar-refractivity contribution in [2.75, 3.05) is 5.88 Å². The molecule has 0 aromatic heterocycles. The third-order valence-electron chi connectivity index (χ3n) is 0.945. The summed E-state index contributed by atoms with van der Waals surface area (Å²) in [5.74, 6) is 1.11. The molecule has 1 rings (SSSR count). The predicted octanol–water partition coefficient (Wildman–Crippen LogP) is 3.03. The normalized spacial score (nSPS) is 8.18. The van der Waals surface area contributed by atoms with Gasteiger partial charge in [-0.25, -0.2) is 0 Å². The number of phenols is 1. The van der Waals surface area contributed by atoms with Gasteiger partial charge in [-0.2, -0.15) is 0 Å². The molecule has 0 unspecified atom stereocenters. The largest absolute Gasteiger partial charge is 0.508 e. The summed E-state index contributed by atoms with van der Waals surface area (Å²) in [6.07, 6.45) is 1.08. The minimum atomic E-state index is 0.322. The molecule has 11 heavy (non-hydrogen) atoms. The number of alkyl halides is 1. The molecule has 0 aliphatic rings. The molecule has 0 saturated carbocycles. The lowest BCUT2D eigenvalue weighted by atomic mass is 10.3. The van der Waals surface area contributed by atoms with E-state index < -0.39 is 0 Å². The van der Waals surface area contributed by atoms with Crippen LogP contribution in [0.1, 0.15) is 13.3 Å². The predicted molar refractivity (Wildman–Crippen MR) is 49.1 cm³/mol. The Morgan fingerprint density at radius 1 is 1.27 bits per heavy atom. The molecule has 0 amide bonds. The second-order valence-electron chi connectivity index (χ2n) is 2.02. The maximum absolute atomic E-state index is 8.63. The van der Waals surface area contributed by atoms with Gasteiger partial charge in [0.2, 0.25) is 0 Å². The van der Waals surface area contributed by atoms with Crippen LogP contribution in [0.15, 0.2) is 30.3 Å². The molecule has 1 nitrogen and oxygen atoms in total. The number of benzene rings is 1. The van der Waals surface area contributed by atoms with Crippen LogP contribution in [0.25, 0.3) is 0 Å². The fraction of sp³-hybridized carbons (Fsp3) is 0.333. The van der Waals surface area contributed by atoms with Crippen LogP contribution >= 0.6 is 11.6 Å². The van der Waals surface area contributed by atoms with E-state index in [0.29, 0.717) is 5.75 Å². The molecule has 1 aromatic carbocycles. The van der Waals surface area contributed by atoms with Crippen LogP contribution in [0.3, 0.4) is 0 Å². The van der Waals surface area contributed by atoms with Crippen LogP contribution in [0.2, 0.25) is 0 Å². The van der Waals surface area contributed by atoms with E-state index in [-0.39, 0.29) is 0 Å². The van der Waals surface area contributed by atoms with Gasteiger partial charge in [0, 0.05) is 5.88 Å². The number of aromatic hydroxyl groups is 1. The lowest BCUT2D eigenvalue weighted by Crippen LogP contribution is -1.56. The molecule has 62 valence electrons. The monoisotopic (exact) mass is 172 g/mol. The average molecular weight is 173 g/mol. The van der Waals surface area contributed by atoms with Crippen LogP contribution in [0.4, 0.5) is 0 Å².